The number of sulfone groups is 1. The average molecular weight is 371 g/mol. The molecule has 0 heterocycles. The fraction of sp³-hybridized carbons (Fsp3) is 0.364. The van der Waals surface area contributed by atoms with E-state index in [0.29, 0.717) is 0 Å². The Morgan fingerprint density at radius 2 is 2.00 bits per heavy atom. The molecular weight excluding hydrogens is 359 g/mol. The summed E-state index contributed by atoms with van der Waals surface area (Å²) in [5.41, 5.74) is -0.728. The van der Waals surface area contributed by atoms with E-state index in [4.69, 9.17) is 14.9 Å². The fourth-order valence-electron chi connectivity index (χ4n) is 1.39. The third-order valence-corrected chi connectivity index (χ3v) is 4.43. The van der Waals surface area contributed by atoms with Crippen LogP contribution in [0, 0.1) is 5.82 Å². The van der Waals surface area contributed by atoms with E-state index in [1.54, 1.807) is 0 Å². The highest BCUT2D eigenvalue weighted by molar-refractivity contribution is 9.10. The largest absolute Gasteiger partial charge is 0.478 e. The molecule has 0 aliphatic rings. The number of aliphatic hydroxyl groups is 1. The minimum atomic E-state index is -4.02. The van der Waals surface area contributed by atoms with Crippen molar-refractivity contribution in [2.45, 2.75) is 4.90 Å². The second kappa shape index (κ2) is 7.11. The van der Waals surface area contributed by atoms with E-state index in [9.17, 15) is 17.6 Å². The summed E-state index contributed by atoms with van der Waals surface area (Å²) in [6, 6.07) is 1.99. The lowest BCUT2D eigenvalue weighted by Gasteiger charge is -2.09. The quantitative estimate of drug-likeness (QED) is 0.696. The van der Waals surface area contributed by atoms with Crippen LogP contribution in [0.3, 0.4) is 0 Å². The van der Waals surface area contributed by atoms with E-state index in [-0.39, 0.29) is 24.3 Å². The van der Waals surface area contributed by atoms with Crippen molar-refractivity contribution in [3.8, 4) is 0 Å². The maximum Gasteiger partial charge on any atom is 0.338 e. The van der Waals surface area contributed by atoms with Gasteiger partial charge in [-0.05, 0) is 12.1 Å². The summed E-state index contributed by atoms with van der Waals surface area (Å²) in [6.07, 6.45) is 0. The molecule has 0 bridgehead atoms. The van der Waals surface area contributed by atoms with Crippen LogP contribution in [-0.2, 0) is 14.6 Å². The predicted octanol–water partition coefficient (Wildman–Crippen LogP) is 1.07. The summed E-state index contributed by atoms with van der Waals surface area (Å²) in [5.74, 6) is -3.38. The molecule has 20 heavy (non-hydrogen) atoms. The maximum atomic E-state index is 13.9. The van der Waals surface area contributed by atoms with E-state index < -0.39 is 37.8 Å². The molecule has 1 aromatic rings. The number of aromatic carboxylic acids is 1. The number of ether oxygens (including phenoxy) is 1. The smallest absolute Gasteiger partial charge is 0.338 e. The highest BCUT2D eigenvalue weighted by Gasteiger charge is 2.24. The number of hydrogen-bond acceptors (Lipinski definition) is 5. The first-order valence-electron chi connectivity index (χ1n) is 5.43. The molecule has 0 amide bonds. The van der Waals surface area contributed by atoms with Crippen LogP contribution in [0.1, 0.15) is 10.4 Å². The predicted molar refractivity (Wildman–Crippen MR) is 71.0 cm³/mol. The summed E-state index contributed by atoms with van der Waals surface area (Å²) in [6.45, 7) is -0.511. The van der Waals surface area contributed by atoms with Gasteiger partial charge in [0.1, 0.15) is 4.90 Å². The van der Waals surface area contributed by atoms with Gasteiger partial charge in [-0.1, -0.05) is 15.9 Å². The fourth-order valence-corrected chi connectivity index (χ4v) is 3.25. The summed E-state index contributed by atoms with van der Waals surface area (Å²) in [5, 5.41) is 17.3. The minimum absolute atomic E-state index is 0.0309. The first-order valence-corrected chi connectivity index (χ1v) is 7.88. The second-order valence-electron chi connectivity index (χ2n) is 3.73. The van der Waals surface area contributed by atoms with Gasteiger partial charge in [0, 0.05) is 4.47 Å². The Morgan fingerprint density at radius 1 is 1.35 bits per heavy atom. The normalized spacial score (nSPS) is 11.6. The van der Waals surface area contributed by atoms with Gasteiger partial charge in [-0.15, -0.1) is 0 Å². The van der Waals surface area contributed by atoms with Crippen LogP contribution in [0.2, 0.25) is 0 Å². The Bertz CT molecular complexity index is 601. The number of carbonyl (C=O) groups is 1. The summed E-state index contributed by atoms with van der Waals surface area (Å²) >= 11 is 2.94. The van der Waals surface area contributed by atoms with Crippen LogP contribution < -0.4 is 0 Å². The lowest BCUT2D eigenvalue weighted by Crippen LogP contribution is -2.16. The van der Waals surface area contributed by atoms with Crippen LogP contribution in [0.4, 0.5) is 4.39 Å². The summed E-state index contributed by atoms with van der Waals surface area (Å²) < 4.78 is 42.8. The van der Waals surface area contributed by atoms with E-state index in [1.807, 2.05) is 0 Å². The lowest BCUT2D eigenvalue weighted by molar-refractivity contribution is 0.0691. The highest BCUT2D eigenvalue weighted by atomic mass is 79.9. The number of rotatable bonds is 7. The zero-order chi connectivity index (χ0) is 15.3. The molecule has 6 nitrogen and oxygen atoms in total. The number of hydrogen-bond donors (Lipinski definition) is 2. The minimum Gasteiger partial charge on any atom is -0.478 e. The molecule has 0 unspecified atom stereocenters. The van der Waals surface area contributed by atoms with Crippen LogP contribution in [0.15, 0.2) is 21.5 Å². The van der Waals surface area contributed by atoms with Crippen molar-refractivity contribution in [1.29, 1.82) is 0 Å². The van der Waals surface area contributed by atoms with Gasteiger partial charge in [0.15, 0.2) is 15.7 Å². The Labute approximate surface area is 123 Å². The van der Waals surface area contributed by atoms with Crippen molar-refractivity contribution < 1.29 is 32.6 Å². The van der Waals surface area contributed by atoms with E-state index in [1.165, 1.54) is 0 Å². The van der Waals surface area contributed by atoms with E-state index >= 15 is 0 Å². The molecule has 0 fully saturated rings. The summed E-state index contributed by atoms with van der Waals surface area (Å²) in [4.78, 5) is 10.1. The average Bonchev–Trinajstić information content (AvgIpc) is 2.36. The van der Waals surface area contributed by atoms with Crippen LogP contribution in [0.5, 0.6) is 0 Å². The summed E-state index contributed by atoms with van der Waals surface area (Å²) in [7, 11) is -4.02. The van der Waals surface area contributed by atoms with Gasteiger partial charge in [-0.25, -0.2) is 17.6 Å². The van der Waals surface area contributed by atoms with Gasteiger partial charge in [0.05, 0.1) is 31.1 Å². The van der Waals surface area contributed by atoms with Crippen LogP contribution in [-0.4, -0.2) is 50.2 Å². The van der Waals surface area contributed by atoms with Crippen molar-refractivity contribution in [3.63, 3.8) is 0 Å². The zero-order valence-electron chi connectivity index (χ0n) is 10.2. The molecule has 0 aliphatic heterocycles. The van der Waals surface area contributed by atoms with E-state index in [0.717, 1.165) is 12.1 Å². The topological polar surface area (TPSA) is 101 Å². The van der Waals surface area contributed by atoms with Crippen molar-refractivity contribution in [3.05, 3.63) is 28.0 Å². The lowest BCUT2D eigenvalue weighted by atomic mass is 10.2. The molecule has 0 saturated carbocycles. The highest BCUT2D eigenvalue weighted by Crippen LogP contribution is 2.25. The molecule has 1 rings (SSSR count). The molecule has 0 saturated heterocycles. The van der Waals surface area contributed by atoms with Crippen LogP contribution in [0.25, 0.3) is 0 Å². The molecule has 0 atom stereocenters. The molecule has 0 radical (unpaired) electrons. The number of benzene rings is 1. The van der Waals surface area contributed by atoms with Gasteiger partial charge >= 0.3 is 5.97 Å². The Hall–Kier alpha value is -1.03. The SMILES string of the molecule is O=C(O)c1cc(Br)cc(S(=O)(=O)CCOCCO)c1F. The third-order valence-electron chi connectivity index (χ3n) is 2.30. The molecule has 9 heteroatoms. The Kier molecular flexibility index (Phi) is 6.06. The van der Waals surface area contributed by atoms with Crippen molar-refractivity contribution in [1.82, 2.24) is 0 Å². The molecule has 0 aliphatic carbocycles. The van der Waals surface area contributed by atoms with Crippen molar-refractivity contribution in [2.75, 3.05) is 25.6 Å². The molecule has 1 aromatic carbocycles. The number of carboxylic acid groups (broad SMARTS) is 1. The maximum absolute atomic E-state index is 13.9. The van der Waals surface area contributed by atoms with Crippen molar-refractivity contribution >= 4 is 31.7 Å². The Balaban J connectivity index is 3.09. The van der Waals surface area contributed by atoms with E-state index in [2.05, 4.69) is 15.9 Å². The van der Waals surface area contributed by atoms with Gasteiger partial charge in [-0.3, -0.25) is 0 Å². The molecule has 0 spiro atoms. The standard InChI is InChI=1S/C11H12BrFO6S/c12-7-5-8(11(15)16)10(13)9(6-7)20(17,18)4-3-19-2-1-14/h5-6,14H,1-4H2,(H,15,16). The number of aliphatic hydroxyl groups excluding tert-OH is 1. The monoisotopic (exact) mass is 370 g/mol. The van der Waals surface area contributed by atoms with Crippen molar-refractivity contribution in [2.24, 2.45) is 0 Å². The Morgan fingerprint density at radius 3 is 2.55 bits per heavy atom. The second-order valence-corrected chi connectivity index (χ2v) is 6.72. The van der Waals surface area contributed by atoms with Crippen LogP contribution >= 0.6 is 15.9 Å². The van der Waals surface area contributed by atoms with Gasteiger partial charge in [-0.2, -0.15) is 0 Å². The molecule has 0 aromatic heterocycles. The zero-order valence-corrected chi connectivity index (χ0v) is 12.6. The van der Waals surface area contributed by atoms with Gasteiger partial charge in [0.2, 0.25) is 0 Å². The number of carboxylic acids is 1. The first kappa shape index (κ1) is 17.0. The third kappa shape index (κ3) is 4.23. The number of halogens is 2. The molecule has 112 valence electrons. The van der Waals surface area contributed by atoms with Gasteiger partial charge < -0.3 is 14.9 Å². The molecular formula is C11H12BrFO6S. The molecule has 2 N–H and O–H groups in total. The first-order chi connectivity index (χ1) is 9.29. The van der Waals surface area contributed by atoms with Gasteiger partial charge in [0.25, 0.3) is 0 Å².